The predicted molar refractivity (Wildman–Crippen MR) is 46.2 cm³/mol. The van der Waals surface area contributed by atoms with Crippen LogP contribution >= 0.6 is 0 Å². The molecule has 1 aromatic heterocycles. The summed E-state index contributed by atoms with van der Waals surface area (Å²) in [5.74, 6) is 0. The number of ether oxygens (including phenoxy) is 1. The molecule has 1 fully saturated rings. The van der Waals surface area contributed by atoms with Crippen LogP contribution in [0.2, 0.25) is 0 Å². The van der Waals surface area contributed by atoms with Crippen molar-refractivity contribution in [1.29, 1.82) is 5.26 Å². The van der Waals surface area contributed by atoms with Crippen molar-refractivity contribution in [3.8, 4) is 6.07 Å². The third-order valence-corrected chi connectivity index (χ3v) is 2.23. The molecular formula is C9H11N3O. The van der Waals surface area contributed by atoms with E-state index >= 15 is 0 Å². The molecule has 1 aromatic rings. The number of hydrogen-bond donors (Lipinski definition) is 0. The van der Waals surface area contributed by atoms with E-state index in [0.717, 1.165) is 12.1 Å². The number of nitriles is 1. The van der Waals surface area contributed by atoms with E-state index in [-0.39, 0.29) is 6.04 Å². The van der Waals surface area contributed by atoms with Crippen LogP contribution in [0.1, 0.15) is 24.4 Å². The van der Waals surface area contributed by atoms with Gasteiger partial charge < -0.3 is 4.74 Å². The Morgan fingerprint density at radius 2 is 2.54 bits per heavy atom. The fourth-order valence-corrected chi connectivity index (χ4v) is 1.34. The van der Waals surface area contributed by atoms with Gasteiger partial charge in [0, 0.05) is 0 Å². The second-order valence-electron chi connectivity index (χ2n) is 3.12. The normalized spacial score (nSPS) is 16.6. The van der Waals surface area contributed by atoms with Crippen LogP contribution in [-0.2, 0) is 11.2 Å². The first kappa shape index (κ1) is 8.27. The Kier molecular flexibility index (Phi) is 2.03. The second-order valence-corrected chi connectivity index (χ2v) is 3.12. The summed E-state index contributed by atoms with van der Waals surface area (Å²) in [6, 6.07) is 4.26. The molecule has 0 atom stereocenters. The van der Waals surface area contributed by atoms with Gasteiger partial charge in [0.05, 0.1) is 18.9 Å². The van der Waals surface area contributed by atoms with Crippen molar-refractivity contribution in [2.24, 2.45) is 0 Å². The lowest BCUT2D eigenvalue weighted by Gasteiger charge is -2.26. The molecule has 0 spiro atoms. The molecule has 68 valence electrons. The van der Waals surface area contributed by atoms with Crippen molar-refractivity contribution in [2.75, 3.05) is 13.2 Å². The maximum atomic E-state index is 8.84. The van der Waals surface area contributed by atoms with Crippen molar-refractivity contribution < 1.29 is 4.74 Å². The molecule has 13 heavy (non-hydrogen) atoms. The van der Waals surface area contributed by atoms with Crippen LogP contribution in [-0.4, -0.2) is 23.0 Å². The van der Waals surface area contributed by atoms with Crippen LogP contribution in [0, 0.1) is 11.3 Å². The molecule has 0 N–H and O–H groups in total. The van der Waals surface area contributed by atoms with Gasteiger partial charge >= 0.3 is 0 Å². The molecule has 1 saturated heterocycles. The highest BCUT2D eigenvalue weighted by Gasteiger charge is 2.23. The van der Waals surface area contributed by atoms with E-state index in [2.05, 4.69) is 11.2 Å². The summed E-state index contributed by atoms with van der Waals surface area (Å²) in [4.78, 5) is 0. The summed E-state index contributed by atoms with van der Waals surface area (Å²) < 4.78 is 6.84. The smallest absolute Gasteiger partial charge is 0.139 e. The summed E-state index contributed by atoms with van der Waals surface area (Å²) in [5, 5.41) is 13.2. The maximum Gasteiger partial charge on any atom is 0.139 e. The molecule has 0 bridgehead atoms. The van der Waals surface area contributed by atoms with Crippen LogP contribution in [0.4, 0.5) is 0 Å². The van der Waals surface area contributed by atoms with Crippen molar-refractivity contribution in [2.45, 2.75) is 19.4 Å². The lowest BCUT2D eigenvalue weighted by molar-refractivity contribution is -0.0291. The number of hydrogen-bond acceptors (Lipinski definition) is 3. The van der Waals surface area contributed by atoms with Gasteiger partial charge in [-0.1, -0.05) is 6.92 Å². The summed E-state index contributed by atoms with van der Waals surface area (Å²) in [6.45, 7) is 3.39. The fourth-order valence-electron chi connectivity index (χ4n) is 1.34. The van der Waals surface area contributed by atoms with E-state index in [9.17, 15) is 0 Å². The zero-order valence-electron chi connectivity index (χ0n) is 7.53. The fraction of sp³-hybridized carbons (Fsp3) is 0.556. The molecule has 2 heterocycles. The number of nitrogens with zero attached hydrogens (tertiary/aromatic N) is 3. The predicted octanol–water partition coefficient (Wildman–Crippen LogP) is 0.888. The van der Waals surface area contributed by atoms with Crippen LogP contribution in [0.25, 0.3) is 0 Å². The van der Waals surface area contributed by atoms with Crippen LogP contribution < -0.4 is 0 Å². The van der Waals surface area contributed by atoms with E-state index < -0.39 is 0 Å². The summed E-state index contributed by atoms with van der Waals surface area (Å²) in [7, 11) is 0. The number of rotatable bonds is 2. The van der Waals surface area contributed by atoms with Gasteiger partial charge in [0.15, 0.2) is 0 Å². The zero-order chi connectivity index (χ0) is 9.26. The Hall–Kier alpha value is -1.34. The first-order chi connectivity index (χ1) is 6.35. The zero-order valence-corrected chi connectivity index (χ0v) is 7.53. The minimum Gasteiger partial charge on any atom is -0.377 e. The van der Waals surface area contributed by atoms with Gasteiger partial charge in [-0.3, -0.25) is 0 Å². The summed E-state index contributed by atoms with van der Waals surface area (Å²) in [6.07, 6.45) is 0.870. The lowest BCUT2D eigenvalue weighted by Crippen LogP contribution is -2.32. The highest BCUT2D eigenvalue weighted by molar-refractivity contribution is 5.24. The van der Waals surface area contributed by atoms with Gasteiger partial charge in [-0.25, -0.2) is 4.68 Å². The average molecular weight is 177 g/mol. The van der Waals surface area contributed by atoms with Crippen molar-refractivity contribution >= 4 is 0 Å². The Morgan fingerprint density at radius 1 is 1.77 bits per heavy atom. The molecule has 0 amide bonds. The molecule has 1 aliphatic heterocycles. The SMILES string of the molecule is CCc1cc(C#N)n(C2COC2)n1. The number of aromatic nitrogens is 2. The lowest BCUT2D eigenvalue weighted by atomic mass is 10.2. The van der Waals surface area contributed by atoms with E-state index in [1.165, 1.54) is 0 Å². The van der Waals surface area contributed by atoms with Crippen LogP contribution in [0.15, 0.2) is 6.07 Å². The molecule has 0 unspecified atom stereocenters. The standard InChI is InChI=1S/C9H11N3O/c1-2-7-3-8(4-10)12(11-7)9-5-13-6-9/h3,9H,2,5-6H2,1H3. The molecule has 4 heteroatoms. The molecule has 4 nitrogen and oxygen atoms in total. The molecule has 0 aromatic carbocycles. The van der Waals surface area contributed by atoms with E-state index in [1.807, 2.05) is 13.0 Å². The summed E-state index contributed by atoms with van der Waals surface area (Å²) >= 11 is 0. The van der Waals surface area contributed by atoms with Crippen molar-refractivity contribution in [3.63, 3.8) is 0 Å². The summed E-state index contributed by atoms with van der Waals surface area (Å²) in [5.41, 5.74) is 1.62. The highest BCUT2D eigenvalue weighted by Crippen LogP contribution is 2.19. The monoisotopic (exact) mass is 177 g/mol. The van der Waals surface area contributed by atoms with E-state index in [4.69, 9.17) is 10.00 Å². The minimum atomic E-state index is 0.273. The first-order valence-corrected chi connectivity index (χ1v) is 4.41. The van der Waals surface area contributed by atoms with Crippen LogP contribution in [0.3, 0.4) is 0 Å². The van der Waals surface area contributed by atoms with Gasteiger partial charge in [0.1, 0.15) is 17.8 Å². The first-order valence-electron chi connectivity index (χ1n) is 4.41. The quantitative estimate of drug-likeness (QED) is 0.674. The molecule has 0 saturated carbocycles. The van der Waals surface area contributed by atoms with Crippen molar-refractivity contribution in [1.82, 2.24) is 9.78 Å². The van der Waals surface area contributed by atoms with E-state index in [0.29, 0.717) is 18.9 Å². The van der Waals surface area contributed by atoms with Crippen molar-refractivity contribution in [3.05, 3.63) is 17.5 Å². The van der Waals surface area contributed by atoms with Gasteiger partial charge in [-0.05, 0) is 12.5 Å². The molecule has 1 aliphatic rings. The Morgan fingerprint density at radius 3 is 3.00 bits per heavy atom. The van der Waals surface area contributed by atoms with Gasteiger partial charge in [0.2, 0.25) is 0 Å². The Labute approximate surface area is 76.7 Å². The maximum absolute atomic E-state index is 8.84. The molecule has 0 aliphatic carbocycles. The van der Waals surface area contributed by atoms with Gasteiger partial charge in [0.25, 0.3) is 0 Å². The Bertz CT molecular complexity index is 346. The van der Waals surface area contributed by atoms with Crippen LogP contribution in [0.5, 0.6) is 0 Å². The largest absolute Gasteiger partial charge is 0.377 e. The Balaban J connectivity index is 2.32. The minimum absolute atomic E-state index is 0.273. The third-order valence-electron chi connectivity index (χ3n) is 2.23. The topological polar surface area (TPSA) is 50.8 Å². The van der Waals surface area contributed by atoms with E-state index in [1.54, 1.807) is 4.68 Å². The molecular weight excluding hydrogens is 166 g/mol. The second kappa shape index (κ2) is 3.19. The highest BCUT2D eigenvalue weighted by atomic mass is 16.5. The van der Waals surface area contributed by atoms with Gasteiger partial charge in [-0.2, -0.15) is 10.4 Å². The molecule has 2 rings (SSSR count). The average Bonchev–Trinajstić information content (AvgIpc) is 2.45. The molecule has 0 radical (unpaired) electrons. The third kappa shape index (κ3) is 1.31. The van der Waals surface area contributed by atoms with Gasteiger partial charge in [-0.15, -0.1) is 0 Å². The number of aryl methyl sites for hydroxylation is 1.